The van der Waals surface area contributed by atoms with Crippen LogP contribution < -0.4 is 10.6 Å². The van der Waals surface area contributed by atoms with Crippen molar-refractivity contribution in [1.29, 1.82) is 0 Å². The predicted molar refractivity (Wildman–Crippen MR) is 198 cm³/mol. The fourth-order valence-corrected chi connectivity index (χ4v) is 7.41. The highest BCUT2D eigenvalue weighted by atomic mass is 16.5. The van der Waals surface area contributed by atoms with Crippen LogP contribution in [0.15, 0.2) is 11.6 Å². The van der Waals surface area contributed by atoms with Crippen LogP contribution in [-0.4, -0.2) is 134 Å². The normalized spacial score (nSPS) is 20.9. The standard InChI is InChI=1S/C38H71N5O7/c1-16-24(7)33(42(13)38(48)31(22(3)4)40-37(47)32(23(5)6)41(11)12)29(49-14)21-30(44)43-20-18-19-28(43)35(50-15)26(9)36(46)39-27(10)34(45)25(8)17-2/h17,22-24,26-29,31-35,45H,16,18-21H2,1-15H3,(H,39,46)(H,40,47)/b25-17+/t24-,26+,27+,28-,29+,31-,32?,33-,34-,35+/m0/s1. The molecule has 1 fully saturated rings. The van der Waals surface area contributed by atoms with Crippen molar-refractivity contribution in [3.8, 4) is 0 Å². The van der Waals surface area contributed by atoms with Crippen LogP contribution in [0.3, 0.4) is 0 Å². The fraction of sp³-hybridized carbons (Fsp3) is 0.842. The largest absolute Gasteiger partial charge is 0.387 e. The minimum atomic E-state index is -0.807. The van der Waals surface area contributed by atoms with Crippen LogP contribution in [0.5, 0.6) is 0 Å². The summed E-state index contributed by atoms with van der Waals surface area (Å²) in [6, 6.07) is -2.40. The fourth-order valence-electron chi connectivity index (χ4n) is 7.41. The molecule has 1 aliphatic rings. The Bertz CT molecular complexity index is 1120. The van der Waals surface area contributed by atoms with Crippen molar-refractivity contribution in [1.82, 2.24) is 25.3 Å². The van der Waals surface area contributed by atoms with Crippen LogP contribution in [0.1, 0.15) is 94.9 Å². The summed E-state index contributed by atoms with van der Waals surface area (Å²) in [6.45, 7) is 19.6. The molecule has 1 rings (SSSR count). The first-order chi connectivity index (χ1) is 23.3. The predicted octanol–water partition coefficient (Wildman–Crippen LogP) is 3.47. The molecule has 0 bridgehead atoms. The Morgan fingerprint density at radius 1 is 0.940 bits per heavy atom. The number of ether oxygens (including phenoxy) is 2. The molecule has 1 aliphatic heterocycles. The number of nitrogens with one attached hydrogen (secondary N) is 2. The van der Waals surface area contributed by atoms with Crippen molar-refractivity contribution in [2.75, 3.05) is 41.9 Å². The van der Waals surface area contributed by atoms with Crippen LogP contribution in [0, 0.1) is 23.7 Å². The number of methoxy groups -OCH3 is 2. The zero-order valence-electron chi connectivity index (χ0n) is 33.8. The Morgan fingerprint density at radius 3 is 2.00 bits per heavy atom. The zero-order chi connectivity index (χ0) is 38.6. The number of likely N-dealkylation sites (N-methyl/N-ethyl adjacent to an activating group) is 2. The average molecular weight is 710 g/mol. The van der Waals surface area contributed by atoms with Gasteiger partial charge in [0.1, 0.15) is 6.04 Å². The molecule has 290 valence electrons. The average Bonchev–Trinajstić information content (AvgIpc) is 3.54. The summed E-state index contributed by atoms with van der Waals surface area (Å²) in [4.78, 5) is 60.3. The van der Waals surface area contributed by atoms with Crippen LogP contribution in [0.25, 0.3) is 0 Å². The van der Waals surface area contributed by atoms with E-state index in [1.54, 1.807) is 44.9 Å². The second-order valence-corrected chi connectivity index (χ2v) is 15.2. The number of nitrogens with zero attached hydrogens (tertiary/aromatic N) is 3. The maximum Gasteiger partial charge on any atom is 0.245 e. The van der Waals surface area contributed by atoms with Gasteiger partial charge in [0.05, 0.1) is 54.8 Å². The van der Waals surface area contributed by atoms with E-state index in [-0.39, 0.29) is 59.9 Å². The quantitative estimate of drug-likeness (QED) is 0.163. The number of aliphatic hydroxyl groups is 1. The summed E-state index contributed by atoms with van der Waals surface area (Å²) in [7, 11) is 8.57. The molecule has 3 N–H and O–H groups in total. The number of hydrogen-bond acceptors (Lipinski definition) is 8. The molecule has 1 saturated heterocycles. The van der Waals surface area contributed by atoms with Crippen molar-refractivity contribution < 1.29 is 33.8 Å². The summed E-state index contributed by atoms with van der Waals surface area (Å²) in [5.41, 5.74) is 0.769. The number of amides is 4. The third-order valence-corrected chi connectivity index (χ3v) is 10.7. The molecule has 0 aliphatic carbocycles. The number of carbonyl (C=O) groups excluding carboxylic acids is 4. The van der Waals surface area contributed by atoms with E-state index in [9.17, 15) is 24.3 Å². The number of hydrogen-bond donors (Lipinski definition) is 3. The molecule has 0 saturated carbocycles. The van der Waals surface area contributed by atoms with Crippen molar-refractivity contribution in [3.63, 3.8) is 0 Å². The lowest BCUT2D eigenvalue weighted by atomic mass is 9.89. The first-order valence-electron chi connectivity index (χ1n) is 18.5. The van der Waals surface area contributed by atoms with Crippen LogP contribution in [0.2, 0.25) is 0 Å². The highest BCUT2D eigenvalue weighted by molar-refractivity contribution is 5.90. The number of rotatable bonds is 20. The Hall–Kier alpha value is -2.54. The second-order valence-electron chi connectivity index (χ2n) is 15.2. The minimum absolute atomic E-state index is 0.0104. The molecule has 0 radical (unpaired) electrons. The van der Waals surface area contributed by atoms with Gasteiger partial charge in [-0.25, -0.2) is 0 Å². The van der Waals surface area contributed by atoms with Crippen molar-refractivity contribution in [2.45, 2.75) is 143 Å². The van der Waals surface area contributed by atoms with Crippen LogP contribution in [-0.2, 0) is 28.7 Å². The molecule has 4 amide bonds. The maximum atomic E-state index is 14.2. The number of carbonyl (C=O) groups is 4. The Kier molecular flexibility index (Phi) is 19.2. The first kappa shape index (κ1) is 45.5. The van der Waals surface area contributed by atoms with Gasteiger partial charge in [-0.2, -0.15) is 0 Å². The summed E-state index contributed by atoms with van der Waals surface area (Å²) >= 11 is 0. The SMILES string of the molecule is C/C=C(\C)[C@H](O)[C@@H](C)NC(=O)[C@H](C)[C@@H](OC)[C@@H]1CCCN1C(=O)C[C@@H](OC)[C@H]([C@@H](C)CC)N(C)C(=O)[C@@H](NC(=O)C(C(C)C)N(C)C)C(C)C. The van der Waals surface area contributed by atoms with Gasteiger partial charge in [0, 0.05) is 27.8 Å². The van der Waals surface area contributed by atoms with Gasteiger partial charge < -0.3 is 35.0 Å². The number of allylic oxidation sites excluding steroid dienone is 1. The smallest absolute Gasteiger partial charge is 0.245 e. The van der Waals surface area contributed by atoms with E-state index in [4.69, 9.17) is 9.47 Å². The van der Waals surface area contributed by atoms with Crippen LogP contribution in [0.4, 0.5) is 0 Å². The molecule has 1 heterocycles. The summed E-state index contributed by atoms with van der Waals surface area (Å²) in [5.74, 6) is -1.52. The lowest BCUT2D eigenvalue weighted by Gasteiger charge is -2.41. The van der Waals surface area contributed by atoms with E-state index >= 15 is 0 Å². The minimum Gasteiger partial charge on any atom is -0.387 e. The third-order valence-electron chi connectivity index (χ3n) is 10.7. The van der Waals surface area contributed by atoms with Crippen molar-refractivity contribution in [2.24, 2.45) is 23.7 Å². The van der Waals surface area contributed by atoms with E-state index in [1.165, 1.54) is 0 Å². The van der Waals surface area contributed by atoms with Crippen molar-refractivity contribution >= 4 is 23.6 Å². The van der Waals surface area contributed by atoms with E-state index in [2.05, 4.69) is 10.6 Å². The van der Waals surface area contributed by atoms with Gasteiger partial charge in [-0.05, 0) is 71.0 Å². The topological polar surface area (TPSA) is 141 Å². The third kappa shape index (κ3) is 11.7. The van der Waals surface area contributed by atoms with Gasteiger partial charge in [-0.3, -0.25) is 24.1 Å². The van der Waals surface area contributed by atoms with E-state index in [1.807, 2.05) is 80.5 Å². The molecule has 0 spiro atoms. The molecule has 50 heavy (non-hydrogen) atoms. The van der Waals surface area contributed by atoms with Gasteiger partial charge >= 0.3 is 0 Å². The summed E-state index contributed by atoms with van der Waals surface area (Å²) < 4.78 is 11.9. The Morgan fingerprint density at radius 2 is 1.54 bits per heavy atom. The number of likely N-dealkylation sites (tertiary alicyclic amines) is 1. The van der Waals surface area contributed by atoms with Gasteiger partial charge in [0.15, 0.2) is 0 Å². The molecule has 12 heteroatoms. The molecule has 12 nitrogen and oxygen atoms in total. The Balaban J connectivity index is 3.26. The van der Waals surface area contributed by atoms with Crippen LogP contribution >= 0.6 is 0 Å². The molecule has 0 aromatic heterocycles. The molecule has 0 aromatic carbocycles. The monoisotopic (exact) mass is 710 g/mol. The lowest BCUT2D eigenvalue weighted by molar-refractivity contribution is -0.148. The highest BCUT2D eigenvalue weighted by Crippen LogP contribution is 2.30. The van der Waals surface area contributed by atoms with E-state index < -0.39 is 42.4 Å². The molecule has 10 atom stereocenters. The van der Waals surface area contributed by atoms with Gasteiger partial charge in [-0.15, -0.1) is 0 Å². The molecule has 0 aromatic rings. The molecule has 1 unspecified atom stereocenters. The summed E-state index contributed by atoms with van der Waals surface area (Å²) in [6.07, 6.45) is 2.08. The summed E-state index contributed by atoms with van der Waals surface area (Å²) in [5, 5.41) is 16.5. The Labute approximate surface area is 303 Å². The first-order valence-corrected chi connectivity index (χ1v) is 18.5. The maximum absolute atomic E-state index is 14.2. The molecular formula is C38H71N5O7. The van der Waals surface area contributed by atoms with Crippen molar-refractivity contribution in [3.05, 3.63) is 11.6 Å². The van der Waals surface area contributed by atoms with Gasteiger partial charge in [0.25, 0.3) is 0 Å². The zero-order valence-corrected chi connectivity index (χ0v) is 33.8. The van der Waals surface area contributed by atoms with Gasteiger partial charge in [-0.1, -0.05) is 61.0 Å². The van der Waals surface area contributed by atoms with E-state index in [0.717, 1.165) is 18.4 Å². The number of aliphatic hydroxyl groups excluding tert-OH is 1. The second kappa shape index (κ2) is 21.1. The highest BCUT2D eigenvalue weighted by Gasteiger charge is 2.43. The van der Waals surface area contributed by atoms with Gasteiger partial charge in [0.2, 0.25) is 23.6 Å². The molecular weight excluding hydrogens is 638 g/mol. The van der Waals surface area contributed by atoms with E-state index in [0.29, 0.717) is 13.0 Å². The lowest BCUT2D eigenvalue weighted by Crippen LogP contribution is -2.59.